The van der Waals surface area contributed by atoms with Crippen LogP contribution in [0.15, 0.2) is 43.1 Å². The molecule has 1 N–H and O–H groups in total. The Hall–Kier alpha value is -2.63. The molecule has 3 heterocycles. The molecular formula is C11H8N6. The second-order valence-corrected chi connectivity index (χ2v) is 3.34. The number of hydrogen-bond donors (Lipinski definition) is 1. The summed E-state index contributed by atoms with van der Waals surface area (Å²) in [5.74, 6) is 1.19. The number of aromatic nitrogens is 6. The highest BCUT2D eigenvalue weighted by atomic mass is 15.2. The molecule has 0 unspecified atom stereocenters. The molecule has 0 aromatic carbocycles. The van der Waals surface area contributed by atoms with Gasteiger partial charge >= 0.3 is 0 Å². The second-order valence-electron chi connectivity index (χ2n) is 3.34. The fraction of sp³-hybridized carbons (Fsp3) is 0. The van der Waals surface area contributed by atoms with Crippen LogP contribution in [0.2, 0.25) is 0 Å². The molecule has 0 aliphatic carbocycles. The van der Waals surface area contributed by atoms with Crippen LogP contribution >= 0.6 is 0 Å². The Morgan fingerprint density at radius 1 is 1.00 bits per heavy atom. The van der Waals surface area contributed by atoms with Gasteiger partial charge in [0.15, 0.2) is 11.6 Å². The van der Waals surface area contributed by atoms with E-state index in [-0.39, 0.29) is 0 Å². The molecule has 0 amide bonds. The Kier molecular flexibility index (Phi) is 2.31. The van der Waals surface area contributed by atoms with Crippen LogP contribution in [0.1, 0.15) is 0 Å². The molecule has 6 heteroatoms. The number of nitrogens with one attached hydrogen (secondary N) is 1. The van der Waals surface area contributed by atoms with E-state index >= 15 is 0 Å². The zero-order valence-electron chi connectivity index (χ0n) is 8.78. The lowest BCUT2D eigenvalue weighted by Gasteiger charge is -1.92. The largest absolute Gasteiger partial charge is 0.264 e. The van der Waals surface area contributed by atoms with E-state index < -0.39 is 0 Å². The van der Waals surface area contributed by atoms with Crippen molar-refractivity contribution < 1.29 is 0 Å². The summed E-state index contributed by atoms with van der Waals surface area (Å²) in [6.07, 6.45) is 8.28. The zero-order chi connectivity index (χ0) is 11.5. The zero-order valence-corrected chi connectivity index (χ0v) is 8.78. The van der Waals surface area contributed by atoms with Gasteiger partial charge in [-0.1, -0.05) is 0 Å². The van der Waals surface area contributed by atoms with Gasteiger partial charge in [-0.3, -0.25) is 15.1 Å². The minimum absolute atomic E-state index is 0.594. The van der Waals surface area contributed by atoms with Crippen molar-refractivity contribution in [2.75, 3.05) is 0 Å². The Balaban J connectivity index is 1.99. The van der Waals surface area contributed by atoms with Crippen molar-refractivity contribution in [2.45, 2.75) is 0 Å². The fourth-order valence-electron chi connectivity index (χ4n) is 1.42. The lowest BCUT2D eigenvalue weighted by Crippen LogP contribution is -1.86. The number of pyridine rings is 1. The maximum Gasteiger partial charge on any atom is 0.183 e. The molecule has 82 valence electrons. The summed E-state index contributed by atoms with van der Waals surface area (Å²) < 4.78 is 0. The molecule has 3 aromatic heterocycles. The molecule has 17 heavy (non-hydrogen) atoms. The summed E-state index contributed by atoms with van der Waals surface area (Å²) in [7, 11) is 0. The van der Waals surface area contributed by atoms with Crippen molar-refractivity contribution in [3.8, 4) is 22.9 Å². The van der Waals surface area contributed by atoms with E-state index in [9.17, 15) is 0 Å². The van der Waals surface area contributed by atoms with Crippen LogP contribution < -0.4 is 0 Å². The molecule has 3 rings (SSSR count). The summed E-state index contributed by atoms with van der Waals surface area (Å²) in [6, 6.07) is 3.74. The number of rotatable bonds is 2. The normalized spacial score (nSPS) is 10.4. The second kappa shape index (κ2) is 4.09. The first-order chi connectivity index (χ1) is 8.43. The van der Waals surface area contributed by atoms with Crippen LogP contribution in [-0.2, 0) is 0 Å². The van der Waals surface area contributed by atoms with E-state index in [0.29, 0.717) is 17.3 Å². The molecule has 0 radical (unpaired) electrons. The van der Waals surface area contributed by atoms with Crippen LogP contribution in [0.25, 0.3) is 22.9 Å². The summed E-state index contributed by atoms with van der Waals surface area (Å²) in [5, 5.41) is 6.95. The average Bonchev–Trinajstić information content (AvgIpc) is 2.90. The first-order valence-corrected chi connectivity index (χ1v) is 5.03. The van der Waals surface area contributed by atoms with Crippen molar-refractivity contribution in [1.29, 1.82) is 0 Å². The van der Waals surface area contributed by atoms with Gasteiger partial charge in [-0.25, -0.2) is 9.97 Å². The summed E-state index contributed by atoms with van der Waals surface area (Å²) in [5.41, 5.74) is 1.52. The summed E-state index contributed by atoms with van der Waals surface area (Å²) in [6.45, 7) is 0. The van der Waals surface area contributed by atoms with Crippen molar-refractivity contribution in [2.24, 2.45) is 0 Å². The molecule has 0 atom stereocenters. The Morgan fingerprint density at radius 2 is 1.94 bits per heavy atom. The van der Waals surface area contributed by atoms with Crippen molar-refractivity contribution >= 4 is 0 Å². The van der Waals surface area contributed by atoms with E-state index in [1.807, 2.05) is 12.1 Å². The maximum atomic E-state index is 4.34. The lowest BCUT2D eigenvalue weighted by molar-refractivity contribution is 1.08. The fourth-order valence-corrected chi connectivity index (χ4v) is 1.42. The lowest BCUT2D eigenvalue weighted by atomic mass is 10.3. The molecule has 0 saturated carbocycles. The first-order valence-electron chi connectivity index (χ1n) is 5.03. The van der Waals surface area contributed by atoms with Gasteiger partial charge in [0.2, 0.25) is 0 Å². The molecule has 0 fully saturated rings. The van der Waals surface area contributed by atoms with Gasteiger partial charge in [-0.05, 0) is 12.1 Å². The van der Waals surface area contributed by atoms with Crippen molar-refractivity contribution in [1.82, 2.24) is 30.1 Å². The van der Waals surface area contributed by atoms with Gasteiger partial charge in [0.05, 0.1) is 6.20 Å². The number of nitrogens with zero attached hydrogens (tertiary/aromatic N) is 5. The average molecular weight is 224 g/mol. The Morgan fingerprint density at radius 3 is 2.71 bits per heavy atom. The highest BCUT2D eigenvalue weighted by Gasteiger charge is 2.08. The summed E-state index contributed by atoms with van der Waals surface area (Å²) >= 11 is 0. The van der Waals surface area contributed by atoms with Crippen molar-refractivity contribution in [3.63, 3.8) is 0 Å². The van der Waals surface area contributed by atoms with E-state index in [4.69, 9.17) is 0 Å². The van der Waals surface area contributed by atoms with Crippen LogP contribution in [0.3, 0.4) is 0 Å². The molecule has 0 bridgehead atoms. The summed E-state index contributed by atoms with van der Waals surface area (Å²) in [4.78, 5) is 16.5. The number of aromatic amines is 1. The SMILES string of the molecule is c1cncc(-c2n[nH]c(-c3cnccn3)n2)c1. The van der Waals surface area contributed by atoms with Gasteiger partial charge in [0.25, 0.3) is 0 Å². The molecule has 0 aliphatic heterocycles. The third-order valence-corrected chi connectivity index (χ3v) is 2.21. The van der Waals surface area contributed by atoms with Crippen LogP contribution in [0.5, 0.6) is 0 Å². The van der Waals surface area contributed by atoms with Gasteiger partial charge in [0, 0.05) is 30.4 Å². The van der Waals surface area contributed by atoms with E-state index in [2.05, 4.69) is 30.1 Å². The van der Waals surface area contributed by atoms with Crippen LogP contribution in [-0.4, -0.2) is 30.1 Å². The molecule has 0 spiro atoms. The highest BCUT2D eigenvalue weighted by molar-refractivity contribution is 5.57. The Labute approximate surface area is 96.8 Å². The van der Waals surface area contributed by atoms with E-state index in [1.165, 1.54) is 0 Å². The first kappa shape index (κ1) is 9.59. The van der Waals surface area contributed by atoms with Crippen molar-refractivity contribution in [3.05, 3.63) is 43.1 Å². The number of hydrogen-bond acceptors (Lipinski definition) is 5. The van der Waals surface area contributed by atoms with Crippen LogP contribution in [0, 0.1) is 0 Å². The smallest absolute Gasteiger partial charge is 0.183 e. The number of H-pyrrole nitrogens is 1. The highest BCUT2D eigenvalue weighted by Crippen LogP contribution is 2.16. The molecule has 3 aromatic rings. The van der Waals surface area contributed by atoms with Gasteiger partial charge < -0.3 is 0 Å². The minimum Gasteiger partial charge on any atom is -0.264 e. The van der Waals surface area contributed by atoms with Gasteiger partial charge in [-0.15, -0.1) is 0 Å². The van der Waals surface area contributed by atoms with E-state index in [0.717, 1.165) is 5.56 Å². The third-order valence-electron chi connectivity index (χ3n) is 2.21. The minimum atomic E-state index is 0.594. The monoisotopic (exact) mass is 224 g/mol. The maximum absolute atomic E-state index is 4.34. The Bertz CT molecular complexity index is 550. The molecular weight excluding hydrogens is 216 g/mol. The van der Waals surface area contributed by atoms with E-state index in [1.54, 1.807) is 31.0 Å². The molecule has 6 nitrogen and oxygen atoms in total. The predicted molar refractivity (Wildman–Crippen MR) is 60.6 cm³/mol. The van der Waals surface area contributed by atoms with Crippen LogP contribution in [0.4, 0.5) is 0 Å². The predicted octanol–water partition coefficient (Wildman–Crippen LogP) is 1.32. The third kappa shape index (κ3) is 1.87. The van der Waals surface area contributed by atoms with Gasteiger partial charge in [0.1, 0.15) is 5.69 Å². The molecule has 0 saturated heterocycles. The van der Waals surface area contributed by atoms with Gasteiger partial charge in [-0.2, -0.15) is 5.10 Å². The standard InChI is InChI=1S/C11H8N6/c1-2-8(6-12-3-1)10-15-11(17-16-10)9-7-13-4-5-14-9/h1-7H,(H,15,16,17). The quantitative estimate of drug-likeness (QED) is 0.710. The topological polar surface area (TPSA) is 80.2 Å². The molecule has 0 aliphatic rings.